The number of carbonyl (C=O) groups is 2. The van der Waals surface area contributed by atoms with E-state index in [0.717, 1.165) is 5.56 Å². The molecule has 0 atom stereocenters. The molecule has 0 spiro atoms. The maximum absolute atomic E-state index is 11.1. The molecule has 0 saturated heterocycles. The number of rotatable bonds is 4. The first-order valence-corrected chi connectivity index (χ1v) is 6.92. The summed E-state index contributed by atoms with van der Waals surface area (Å²) < 4.78 is 9.89. The molecule has 0 fully saturated rings. The van der Waals surface area contributed by atoms with E-state index >= 15 is 0 Å². The molecule has 5 heteroatoms. The maximum atomic E-state index is 11.1. The predicted octanol–water partition coefficient (Wildman–Crippen LogP) is 3.41. The second-order valence-corrected chi connectivity index (χ2v) is 4.80. The fourth-order valence-electron chi connectivity index (χ4n) is 1.92. The van der Waals surface area contributed by atoms with Crippen LogP contribution >= 0.6 is 0 Å². The van der Waals surface area contributed by atoms with Gasteiger partial charge in [0.2, 0.25) is 5.75 Å². The number of benzene rings is 2. The van der Waals surface area contributed by atoms with Crippen molar-refractivity contribution >= 4 is 24.1 Å². The highest BCUT2D eigenvalue weighted by Gasteiger charge is 2.15. The van der Waals surface area contributed by atoms with Gasteiger partial charge in [0.1, 0.15) is 0 Å². The summed E-state index contributed by atoms with van der Waals surface area (Å²) in [4.78, 5) is 22.3. The normalized spacial score (nSPS) is 10.5. The van der Waals surface area contributed by atoms with Gasteiger partial charge >= 0.3 is 11.9 Å². The van der Waals surface area contributed by atoms with Crippen LogP contribution in [0.1, 0.15) is 25.0 Å². The highest BCUT2D eigenvalue weighted by atomic mass is 16.6. The minimum atomic E-state index is -0.585. The number of aromatic hydroxyl groups is 1. The third kappa shape index (κ3) is 4.71. The number of phenols is 1. The van der Waals surface area contributed by atoms with E-state index in [4.69, 9.17) is 9.47 Å². The van der Waals surface area contributed by atoms with Gasteiger partial charge in [0, 0.05) is 13.8 Å². The second kappa shape index (κ2) is 7.26. The fourth-order valence-corrected chi connectivity index (χ4v) is 1.92. The zero-order chi connectivity index (χ0) is 16.8. The number of esters is 2. The summed E-state index contributed by atoms with van der Waals surface area (Å²) in [6.07, 6.45) is 3.61. The molecule has 2 aromatic rings. The molecule has 0 heterocycles. The summed E-state index contributed by atoms with van der Waals surface area (Å²) in [5.74, 6) is -1.70. The van der Waals surface area contributed by atoms with Crippen LogP contribution in [0.25, 0.3) is 12.2 Å². The van der Waals surface area contributed by atoms with Crippen LogP contribution in [0.5, 0.6) is 17.2 Å². The third-order valence-corrected chi connectivity index (χ3v) is 2.84. The van der Waals surface area contributed by atoms with Crippen LogP contribution in [0.4, 0.5) is 0 Å². The first-order chi connectivity index (χ1) is 11.0. The van der Waals surface area contributed by atoms with Crippen LogP contribution in [0.2, 0.25) is 0 Å². The standard InChI is InChI=1S/C18H16O5/c1-12(19)22-16-10-15(9-8-14-6-4-3-5-7-14)11-17(18(16)21)23-13(2)20/h3-11,21H,1-2H3. The van der Waals surface area contributed by atoms with Crippen molar-refractivity contribution < 1.29 is 24.2 Å². The van der Waals surface area contributed by atoms with E-state index in [0.29, 0.717) is 5.56 Å². The molecule has 1 N–H and O–H groups in total. The second-order valence-electron chi connectivity index (χ2n) is 4.80. The predicted molar refractivity (Wildman–Crippen MR) is 86.1 cm³/mol. The van der Waals surface area contributed by atoms with Crippen LogP contribution in [0, 0.1) is 0 Å². The van der Waals surface area contributed by atoms with Gasteiger partial charge in [-0.1, -0.05) is 42.5 Å². The third-order valence-electron chi connectivity index (χ3n) is 2.84. The van der Waals surface area contributed by atoms with Gasteiger partial charge in [-0.3, -0.25) is 9.59 Å². The average molecular weight is 312 g/mol. The van der Waals surface area contributed by atoms with Crippen molar-refractivity contribution in [3.8, 4) is 17.2 Å². The van der Waals surface area contributed by atoms with E-state index in [9.17, 15) is 14.7 Å². The van der Waals surface area contributed by atoms with Crippen molar-refractivity contribution in [3.05, 3.63) is 53.6 Å². The molecular formula is C18H16O5. The number of hydrogen-bond donors (Lipinski definition) is 1. The molecule has 0 aliphatic heterocycles. The largest absolute Gasteiger partial charge is 0.502 e. The van der Waals surface area contributed by atoms with Crippen molar-refractivity contribution in [1.29, 1.82) is 0 Å². The quantitative estimate of drug-likeness (QED) is 0.532. The molecule has 118 valence electrons. The van der Waals surface area contributed by atoms with E-state index in [1.807, 2.05) is 36.4 Å². The monoisotopic (exact) mass is 312 g/mol. The van der Waals surface area contributed by atoms with Gasteiger partial charge in [-0.15, -0.1) is 0 Å². The SMILES string of the molecule is CC(=O)Oc1cc(C=Cc2ccccc2)cc(OC(C)=O)c1O. The fraction of sp³-hybridized carbons (Fsp3) is 0.111. The lowest BCUT2D eigenvalue weighted by Crippen LogP contribution is -2.05. The Morgan fingerprint density at radius 1 is 0.870 bits per heavy atom. The Bertz CT molecular complexity index is 710. The van der Waals surface area contributed by atoms with E-state index in [-0.39, 0.29) is 11.5 Å². The van der Waals surface area contributed by atoms with E-state index in [1.165, 1.54) is 26.0 Å². The van der Waals surface area contributed by atoms with Gasteiger partial charge < -0.3 is 14.6 Å². The lowest BCUT2D eigenvalue weighted by Gasteiger charge is -2.10. The van der Waals surface area contributed by atoms with Crippen molar-refractivity contribution in [2.45, 2.75) is 13.8 Å². The topological polar surface area (TPSA) is 72.8 Å². The zero-order valence-corrected chi connectivity index (χ0v) is 12.8. The Balaban J connectivity index is 2.40. The molecule has 0 aliphatic carbocycles. The average Bonchev–Trinajstić information content (AvgIpc) is 2.49. The van der Waals surface area contributed by atoms with Gasteiger partial charge in [-0.25, -0.2) is 0 Å². The summed E-state index contributed by atoms with van der Waals surface area (Å²) >= 11 is 0. The van der Waals surface area contributed by atoms with Gasteiger partial charge in [0.05, 0.1) is 0 Å². The summed E-state index contributed by atoms with van der Waals surface area (Å²) in [5, 5.41) is 10.0. The molecule has 5 nitrogen and oxygen atoms in total. The summed E-state index contributed by atoms with van der Waals surface area (Å²) in [7, 11) is 0. The van der Waals surface area contributed by atoms with Crippen molar-refractivity contribution in [1.82, 2.24) is 0 Å². The lowest BCUT2D eigenvalue weighted by molar-refractivity contribution is -0.132. The van der Waals surface area contributed by atoms with Crippen LogP contribution in [0.15, 0.2) is 42.5 Å². The number of carbonyl (C=O) groups excluding carboxylic acids is 2. The first-order valence-electron chi connectivity index (χ1n) is 6.92. The van der Waals surface area contributed by atoms with E-state index in [2.05, 4.69) is 0 Å². The Morgan fingerprint density at radius 2 is 1.35 bits per heavy atom. The van der Waals surface area contributed by atoms with Crippen molar-refractivity contribution in [2.75, 3.05) is 0 Å². The molecule has 0 saturated carbocycles. The van der Waals surface area contributed by atoms with Crippen LogP contribution in [0.3, 0.4) is 0 Å². The van der Waals surface area contributed by atoms with E-state index < -0.39 is 17.7 Å². The maximum Gasteiger partial charge on any atom is 0.308 e. The number of ether oxygens (including phenoxy) is 2. The highest BCUT2D eigenvalue weighted by molar-refractivity contribution is 5.77. The Kier molecular flexibility index (Phi) is 5.15. The Hall–Kier alpha value is -3.08. The molecule has 0 aliphatic rings. The van der Waals surface area contributed by atoms with Gasteiger partial charge in [0.15, 0.2) is 11.5 Å². The summed E-state index contributed by atoms with van der Waals surface area (Å²) in [6, 6.07) is 12.6. The molecule has 23 heavy (non-hydrogen) atoms. The Labute approximate surface area is 133 Å². The van der Waals surface area contributed by atoms with Crippen LogP contribution in [-0.4, -0.2) is 17.0 Å². The highest BCUT2D eigenvalue weighted by Crippen LogP contribution is 2.38. The Morgan fingerprint density at radius 3 is 1.83 bits per heavy atom. The number of hydrogen-bond acceptors (Lipinski definition) is 5. The number of phenolic OH excluding ortho intramolecular Hbond substituents is 1. The summed E-state index contributed by atoms with van der Waals surface area (Å²) in [6.45, 7) is 2.44. The summed E-state index contributed by atoms with van der Waals surface area (Å²) in [5.41, 5.74) is 1.59. The lowest BCUT2D eigenvalue weighted by atomic mass is 10.1. The molecule has 0 unspecified atom stereocenters. The minimum absolute atomic E-state index is 0.0658. The van der Waals surface area contributed by atoms with Crippen molar-refractivity contribution in [3.63, 3.8) is 0 Å². The molecule has 0 amide bonds. The van der Waals surface area contributed by atoms with Gasteiger partial charge in [-0.2, -0.15) is 0 Å². The van der Waals surface area contributed by atoms with Crippen LogP contribution in [-0.2, 0) is 9.59 Å². The molecular weight excluding hydrogens is 296 g/mol. The molecule has 2 rings (SSSR count). The molecule has 0 aromatic heterocycles. The van der Waals surface area contributed by atoms with E-state index in [1.54, 1.807) is 6.08 Å². The smallest absolute Gasteiger partial charge is 0.308 e. The van der Waals surface area contributed by atoms with Crippen LogP contribution < -0.4 is 9.47 Å². The first kappa shape index (κ1) is 16.3. The molecule has 0 bridgehead atoms. The molecule has 2 aromatic carbocycles. The zero-order valence-electron chi connectivity index (χ0n) is 12.8. The minimum Gasteiger partial charge on any atom is -0.502 e. The van der Waals surface area contributed by atoms with Gasteiger partial charge in [0.25, 0.3) is 0 Å². The molecule has 0 radical (unpaired) electrons. The van der Waals surface area contributed by atoms with Crippen molar-refractivity contribution in [2.24, 2.45) is 0 Å². The van der Waals surface area contributed by atoms with Gasteiger partial charge in [-0.05, 0) is 23.3 Å².